The van der Waals surface area contributed by atoms with Gasteiger partial charge in [-0.15, -0.1) is 0 Å². The van der Waals surface area contributed by atoms with Crippen molar-refractivity contribution in [2.45, 2.75) is 23.8 Å². The van der Waals surface area contributed by atoms with Gasteiger partial charge in [-0.05, 0) is 24.1 Å². The van der Waals surface area contributed by atoms with Crippen LogP contribution in [0, 0.1) is 5.82 Å². The molecule has 0 amide bonds. The van der Waals surface area contributed by atoms with Gasteiger partial charge in [0.15, 0.2) is 0 Å². The van der Waals surface area contributed by atoms with Crippen LogP contribution in [0.1, 0.15) is 24.5 Å². The second-order valence-electron chi connectivity index (χ2n) is 3.52. The molecule has 15 heavy (non-hydrogen) atoms. The Morgan fingerprint density at radius 3 is 2.67 bits per heavy atom. The number of benzene rings is 1. The van der Waals surface area contributed by atoms with Crippen LogP contribution in [-0.2, 0) is 9.53 Å². The number of halogens is 2. The fraction of sp³-hybridized carbons (Fsp3) is 0.364. The number of carbonyl (C=O) groups excluding carboxylic acids is 1. The van der Waals surface area contributed by atoms with Crippen LogP contribution in [0.2, 0.25) is 0 Å². The molecule has 0 bridgehead atoms. The van der Waals surface area contributed by atoms with Gasteiger partial charge in [-0.25, -0.2) is 4.39 Å². The average molecular weight is 273 g/mol. The molecule has 1 aliphatic heterocycles. The topological polar surface area (TPSA) is 26.3 Å². The Morgan fingerprint density at radius 2 is 2.00 bits per heavy atom. The van der Waals surface area contributed by atoms with Crippen LogP contribution in [0.3, 0.4) is 0 Å². The maximum atomic E-state index is 12.7. The molecule has 1 aliphatic rings. The van der Waals surface area contributed by atoms with Crippen LogP contribution in [0.25, 0.3) is 0 Å². The van der Waals surface area contributed by atoms with Crippen LogP contribution in [0.4, 0.5) is 4.39 Å². The van der Waals surface area contributed by atoms with E-state index in [1.165, 1.54) is 12.1 Å². The molecule has 1 saturated heterocycles. The lowest BCUT2D eigenvalue weighted by molar-refractivity contribution is -0.153. The first-order valence-electron chi connectivity index (χ1n) is 4.76. The molecule has 2 atom stereocenters. The molecule has 1 aromatic rings. The molecule has 0 aromatic heterocycles. The smallest absolute Gasteiger partial charge is 0.306 e. The largest absolute Gasteiger partial charge is 0.456 e. The van der Waals surface area contributed by atoms with Crippen LogP contribution < -0.4 is 0 Å². The van der Waals surface area contributed by atoms with Gasteiger partial charge in [-0.2, -0.15) is 0 Å². The summed E-state index contributed by atoms with van der Waals surface area (Å²) in [6.45, 7) is 0. The molecular formula is C11H10BrFO2. The Kier molecular flexibility index (Phi) is 3.05. The number of hydrogen-bond donors (Lipinski definition) is 0. The predicted molar refractivity (Wildman–Crippen MR) is 57.2 cm³/mol. The maximum Gasteiger partial charge on any atom is 0.306 e. The Bertz CT molecular complexity index is 363. The maximum absolute atomic E-state index is 12.7. The number of rotatable bonds is 1. The zero-order valence-electron chi connectivity index (χ0n) is 7.95. The summed E-state index contributed by atoms with van der Waals surface area (Å²) in [4.78, 5) is 11.3. The van der Waals surface area contributed by atoms with Gasteiger partial charge in [-0.1, -0.05) is 28.1 Å². The van der Waals surface area contributed by atoms with E-state index in [0.717, 1.165) is 12.0 Å². The number of carbonyl (C=O) groups is 1. The highest BCUT2D eigenvalue weighted by Crippen LogP contribution is 2.33. The van der Waals surface area contributed by atoms with Gasteiger partial charge in [0.1, 0.15) is 11.9 Å². The molecule has 1 heterocycles. The summed E-state index contributed by atoms with van der Waals surface area (Å²) < 4.78 is 17.9. The van der Waals surface area contributed by atoms with Gasteiger partial charge >= 0.3 is 5.97 Å². The monoisotopic (exact) mass is 272 g/mol. The minimum atomic E-state index is -0.299. The number of cyclic esters (lactones) is 1. The molecule has 2 rings (SSSR count). The summed E-state index contributed by atoms with van der Waals surface area (Å²) in [5.41, 5.74) is 0.825. The molecule has 1 aromatic carbocycles. The third-order valence-corrected chi connectivity index (χ3v) is 3.35. The van der Waals surface area contributed by atoms with Crippen molar-refractivity contribution >= 4 is 21.9 Å². The van der Waals surface area contributed by atoms with Gasteiger partial charge in [0, 0.05) is 6.42 Å². The summed E-state index contributed by atoms with van der Waals surface area (Å²) in [5.74, 6) is -0.480. The first kappa shape index (κ1) is 10.6. The molecule has 0 unspecified atom stereocenters. The van der Waals surface area contributed by atoms with E-state index in [0.29, 0.717) is 6.42 Å². The first-order chi connectivity index (χ1) is 7.16. The van der Waals surface area contributed by atoms with Gasteiger partial charge in [0.25, 0.3) is 0 Å². The highest BCUT2D eigenvalue weighted by molar-refractivity contribution is 9.09. The van der Waals surface area contributed by atoms with Crippen molar-refractivity contribution in [3.63, 3.8) is 0 Å². The van der Waals surface area contributed by atoms with E-state index < -0.39 is 0 Å². The highest BCUT2D eigenvalue weighted by atomic mass is 79.9. The van der Waals surface area contributed by atoms with Crippen molar-refractivity contribution in [2.75, 3.05) is 0 Å². The van der Waals surface area contributed by atoms with E-state index >= 15 is 0 Å². The highest BCUT2D eigenvalue weighted by Gasteiger charge is 2.29. The molecule has 2 nitrogen and oxygen atoms in total. The average Bonchev–Trinajstić information content (AvgIpc) is 2.23. The van der Waals surface area contributed by atoms with Crippen LogP contribution in [0.5, 0.6) is 0 Å². The summed E-state index contributed by atoms with van der Waals surface area (Å²) in [5, 5.41) is 0. The summed E-state index contributed by atoms with van der Waals surface area (Å²) in [6, 6.07) is 6.04. The van der Waals surface area contributed by atoms with Gasteiger partial charge in [-0.3, -0.25) is 4.79 Å². The van der Waals surface area contributed by atoms with Crippen molar-refractivity contribution in [1.29, 1.82) is 0 Å². The van der Waals surface area contributed by atoms with Crippen molar-refractivity contribution in [3.8, 4) is 0 Å². The summed E-state index contributed by atoms with van der Waals surface area (Å²) in [7, 11) is 0. The quantitative estimate of drug-likeness (QED) is 0.581. The van der Waals surface area contributed by atoms with Crippen molar-refractivity contribution in [1.82, 2.24) is 0 Å². The van der Waals surface area contributed by atoms with Crippen LogP contribution >= 0.6 is 15.9 Å². The summed E-state index contributed by atoms with van der Waals surface area (Å²) >= 11 is 3.47. The third-order valence-electron chi connectivity index (χ3n) is 2.41. The zero-order valence-corrected chi connectivity index (χ0v) is 9.54. The molecule has 1 fully saturated rings. The summed E-state index contributed by atoms with van der Waals surface area (Å²) in [6.07, 6.45) is 0.890. The SMILES string of the molecule is O=C1CC[C@@H](Br)[C@H](c2ccc(F)cc2)O1. The molecule has 4 heteroatoms. The van der Waals surface area contributed by atoms with Crippen molar-refractivity contribution < 1.29 is 13.9 Å². The van der Waals surface area contributed by atoms with Crippen LogP contribution in [0.15, 0.2) is 24.3 Å². The second-order valence-corrected chi connectivity index (χ2v) is 4.69. The molecule has 80 valence electrons. The first-order valence-corrected chi connectivity index (χ1v) is 5.67. The van der Waals surface area contributed by atoms with E-state index in [2.05, 4.69) is 15.9 Å². The van der Waals surface area contributed by atoms with E-state index in [1.54, 1.807) is 12.1 Å². The zero-order chi connectivity index (χ0) is 10.8. The Morgan fingerprint density at radius 1 is 1.33 bits per heavy atom. The Labute approximate surface area is 95.6 Å². The Hall–Kier alpha value is -0.900. The lowest BCUT2D eigenvalue weighted by atomic mass is 10.0. The minimum Gasteiger partial charge on any atom is -0.456 e. The van der Waals surface area contributed by atoms with Gasteiger partial charge in [0.2, 0.25) is 0 Å². The number of alkyl halides is 1. The van der Waals surface area contributed by atoms with Crippen LogP contribution in [-0.4, -0.2) is 10.8 Å². The predicted octanol–water partition coefficient (Wildman–Crippen LogP) is 2.97. The number of ether oxygens (including phenoxy) is 1. The van der Waals surface area contributed by atoms with Crippen molar-refractivity contribution in [3.05, 3.63) is 35.6 Å². The minimum absolute atomic E-state index is 0.112. The lowest BCUT2D eigenvalue weighted by Gasteiger charge is -2.27. The van der Waals surface area contributed by atoms with E-state index in [-0.39, 0.29) is 22.7 Å². The second kappa shape index (κ2) is 4.31. The molecule has 0 aliphatic carbocycles. The van der Waals surface area contributed by atoms with E-state index in [1.807, 2.05) is 0 Å². The lowest BCUT2D eigenvalue weighted by Crippen LogP contribution is -2.26. The molecule has 0 saturated carbocycles. The number of hydrogen-bond acceptors (Lipinski definition) is 2. The normalized spacial score (nSPS) is 26.1. The van der Waals surface area contributed by atoms with E-state index in [4.69, 9.17) is 4.74 Å². The molecule has 0 N–H and O–H groups in total. The third kappa shape index (κ3) is 2.37. The van der Waals surface area contributed by atoms with Crippen molar-refractivity contribution in [2.24, 2.45) is 0 Å². The van der Waals surface area contributed by atoms with Gasteiger partial charge in [0.05, 0.1) is 4.83 Å². The number of esters is 1. The Balaban J connectivity index is 2.21. The van der Waals surface area contributed by atoms with E-state index in [9.17, 15) is 9.18 Å². The van der Waals surface area contributed by atoms with Gasteiger partial charge < -0.3 is 4.74 Å². The standard InChI is InChI=1S/C11H10BrFO2/c12-9-5-6-10(14)15-11(9)7-1-3-8(13)4-2-7/h1-4,9,11H,5-6H2/t9-,11+/m1/s1. The fourth-order valence-corrected chi connectivity index (χ4v) is 2.25. The molecular weight excluding hydrogens is 263 g/mol. The fourth-order valence-electron chi connectivity index (χ4n) is 1.61. The molecule has 0 spiro atoms. The molecule has 0 radical (unpaired) electrons.